The second-order valence-electron chi connectivity index (χ2n) is 5.99. The molecule has 1 aromatic heterocycles. The summed E-state index contributed by atoms with van der Waals surface area (Å²) in [6.45, 7) is 4.22. The number of amides is 2. The number of rotatable bonds is 7. The zero-order valence-electron chi connectivity index (χ0n) is 15.0. The molecule has 2 aromatic rings. The first-order chi connectivity index (χ1) is 12.3. The predicted octanol–water partition coefficient (Wildman–Crippen LogP) is 2.70. The van der Waals surface area contributed by atoms with Gasteiger partial charge in [0.05, 0.1) is 6.54 Å². The van der Waals surface area contributed by atoms with Crippen molar-refractivity contribution in [3.8, 4) is 0 Å². The van der Waals surface area contributed by atoms with Crippen LogP contribution in [-0.2, 0) is 6.54 Å². The maximum absolute atomic E-state index is 12.6. The first-order valence-electron chi connectivity index (χ1n) is 8.29. The Balaban J connectivity index is 2.11. The monoisotopic (exact) mass is 358 g/mol. The number of carboxylic acid groups (broad SMARTS) is 1. The van der Waals surface area contributed by atoms with E-state index < -0.39 is 5.97 Å². The molecule has 0 saturated carbocycles. The Bertz CT molecular complexity index is 825. The lowest BCUT2D eigenvalue weighted by Gasteiger charge is -2.16. The number of carbonyl (C=O) groups excluding carboxylic acids is 2. The van der Waals surface area contributed by atoms with E-state index in [2.05, 4.69) is 5.32 Å². The number of hydrogen-bond donors (Lipinski definition) is 2. The van der Waals surface area contributed by atoms with Crippen molar-refractivity contribution in [2.45, 2.75) is 26.8 Å². The van der Waals surface area contributed by atoms with E-state index in [1.54, 1.807) is 38.2 Å². The van der Waals surface area contributed by atoms with Crippen molar-refractivity contribution in [1.29, 1.82) is 0 Å². The molecule has 26 heavy (non-hydrogen) atoms. The lowest BCUT2D eigenvalue weighted by atomic mass is 10.1. The minimum absolute atomic E-state index is 0.0791. The number of benzene rings is 1. The van der Waals surface area contributed by atoms with E-state index in [9.17, 15) is 14.4 Å². The minimum atomic E-state index is -1.07. The molecule has 1 heterocycles. The number of carboxylic acids is 1. The molecule has 2 amide bonds. The molecule has 7 nitrogen and oxygen atoms in total. The summed E-state index contributed by atoms with van der Waals surface area (Å²) in [6.07, 6.45) is 0.827. The van der Waals surface area contributed by atoms with Crippen molar-refractivity contribution < 1.29 is 23.9 Å². The number of aromatic carboxylic acids is 1. The summed E-state index contributed by atoms with van der Waals surface area (Å²) in [7, 11) is 1.59. The van der Waals surface area contributed by atoms with Gasteiger partial charge in [-0.05, 0) is 37.6 Å². The van der Waals surface area contributed by atoms with Crippen molar-refractivity contribution >= 4 is 17.8 Å². The summed E-state index contributed by atoms with van der Waals surface area (Å²) in [4.78, 5) is 37.1. The summed E-state index contributed by atoms with van der Waals surface area (Å²) in [5, 5.41) is 11.8. The third kappa shape index (κ3) is 4.50. The average molecular weight is 358 g/mol. The Hall–Kier alpha value is -3.09. The molecule has 0 spiro atoms. The zero-order valence-corrected chi connectivity index (χ0v) is 15.0. The highest BCUT2D eigenvalue weighted by Crippen LogP contribution is 2.17. The number of hydrogen-bond acceptors (Lipinski definition) is 4. The summed E-state index contributed by atoms with van der Waals surface area (Å²) in [6, 6.07) is 7.89. The van der Waals surface area contributed by atoms with Gasteiger partial charge in [-0.1, -0.05) is 13.0 Å². The van der Waals surface area contributed by atoms with Crippen LogP contribution >= 0.6 is 0 Å². The quantitative estimate of drug-likeness (QED) is 0.793. The molecule has 0 radical (unpaired) electrons. The van der Waals surface area contributed by atoms with Gasteiger partial charge in [-0.3, -0.25) is 9.59 Å². The van der Waals surface area contributed by atoms with Crippen LogP contribution in [0.15, 0.2) is 34.7 Å². The first-order valence-corrected chi connectivity index (χ1v) is 8.29. The van der Waals surface area contributed by atoms with Crippen molar-refractivity contribution in [1.82, 2.24) is 10.2 Å². The van der Waals surface area contributed by atoms with Gasteiger partial charge in [-0.15, -0.1) is 0 Å². The third-order valence-corrected chi connectivity index (χ3v) is 3.85. The number of furan rings is 1. The van der Waals surface area contributed by atoms with Gasteiger partial charge in [0.25, 0.3) is 11.8 Å². The van der Waals surface area contributed by atoms with Crippen LogP contribution in [0.1, 0.15) is 55.9 Å². The summed E-state index contributed by atoms with van der Waals surface area (Å²) in [5.74, 6) is -0.911. The molecular weight excluding hydrogens is 336 g/mol. The summed E-state index contributed by atoms with van der Waals surface area (Å²) < 4.78 is 5.40. The molecule has 7 heteroatoms. The maximum atomic E-state index is 12.6. The van der Waals surface area contributed by atoms with Crippen LogP contribution in [0.5, 0.6) is 0 Å². The Morgan fingerprint density at radius 2 is 1.88 bits per heavy atom. The Morgan fingerprint density at radius 3 is 2.50 bits per heavy atom. The van der Waals surface area contributed by atoms with E-state index in [1.165, 1.54) is 11.0 Å². The molecule has 0 aliphatic heterocycles. The number of carbonyl (C=O) groups is 3. The van der Waals surface area contributed by atoms with Gasteiger partial charge in [-0.25, -0.2) is 4.79 Å². The lowest BCUT2D eigenvalue weighted by Crippen LogP contribution is -2.27. The van der Waals surface area contributed by atoms with Crippen molar-refractivity contribution in [2.75, 3.05) is 13.6 Å². The first kappa shape index (κ1) is 19.2. The van der Waals surface area contributed by atoms with Gasteiger partial charge in [0.2, 0.25) is 0 Å². The van der Waals surface area contributed by atoms with E-state index in [-0.39, 0.29) is 23.9 Å². The molecule has 0 atom stereocenters. The van der Waals surface area contributed by atoms with Gasteiger partial charge >= 0.3 is 5.97 Å². The van der Waals surface area contributed by atoms with Crippen LogP contribution in [0.25, 0.3) is 0 Å². The van der Waals surface area contributed by atoms with Crippen molar-refractivity contribution in [3.63, 3.8) is 0 Å². The normalized spacial score (nSPS) is 10.4. The Kier molecular flexibility index (Phi) is 6.16. The van der Waals surface area contributed by atoms with E-state index in [1.807, 2.05) is 6.92 Å². The van der Waals surface area contributed by atoms with Crippen LogP contribution in [0.2, 0.25) is 0 Å². The molecule has 2 rings (SSSR count). The highest BCUT2D eigenvalue weighted by Gasteiger charge is 2.18. The molecule has 0 fully saturated rings. The third-order valence-electron chi connectivity index (χ3n) is 3.85. The molecule has 0 bridgehead atoms. The second kappa shape index (κ2) is 8.33. The van der Waals surface area contributed by atoms with Crippen LogP contribution in [0.3, 0.4) is 0 Å². The average Bonchev–Trinajstić information content (AvgIpc) is 2.99. The molecule has 0 saturated heterocycles. The Morgan fingerprint density at radius 1 is 1.19 bits per heavy atom. The smallest absolute Gasteiger partial charge is 0.339 e. The molecule has 0 aliphatic rings. The number of nitrogens with zero attached hydrogens (tertiary/aromatic N) is 1. The highest BCUT2D eigenvalue weighted by atomic mass is 16.4. The summed E-state index contributed by atoms with van der Waals surface area (Å²) >= 11 is 0. The predicted molar refractivity (Wildman–Crippen MR) is 95.3 cm³/mol. The van der Waals surface area contributed by atoms with Gasteiger partial charge in [0.1, 0.15) is 17.1 Å². The van der Waals surface area contributed by atoms with Crippen molar-refractivity contribution in [2.24, 2.45) is 0 Å². The second-order valence-corrected chi connectivity index (χ2v) is 5.99. The SMILES string of the molecule is CCCNC(=O)c1cccc(C(=O)N(C)Cc2cc(C(=O)O)c(C)o2)c1. The van der Waals surface area contributed by atoms with Gasteiger partial charge in [0.15, 0.2) is 0 Å². The van der Waals surface area contributed by atoms with E-state index in [4.69, 9.17) is 9.52 Å². The number of aryl methyl sites for hydroxylation is 1. The zero-order chi connectivity index (χ0) is 19.3. The number of nitrogens with one attached hydrogen (secondary N) is 1. The summed E-state index contributed by atoms with van der Waals surface area (Å²) in [5.41, 5.74) is 0.869. The van der Waals surface area contributed by atoms with Crippen molar-refractivity contribution in [3.05, 3.63) is 58.5 Å². The van der Waals surface area contributed by atoms with E-state index in [0.29, 0.717) is 29.2 Å². The van der Waals surface area contributed by atoms with E-state index in [0.717, 1.165) is 6.42 Å². The van der Waals surface area contributed by atoms with Crippen LogP contribution < -0.4 is 5.32 Å². The Labute approximate surface area is 151 Å². The van der Waals surface area contributed by atoms with E-state index >= 15 is 0 Å². The lowest BCUT2D eigenvalue weighted by molar-refractivity contribution is 0.0693. The van der Waals surface area contributed by atoms with Crippen LogP contribution in [0, 0.1) is 6.92 Å². The van der Waals surface area contributed by atoms with Gasteiger partial charge in [-0.2, -0.15) is 0 Å². The molecule has 2 N–H and O–H groups in total. The molecule has 0 unspecified atom stereocenters. The molecular formula is C19H22N2O5. The van der Waals surface area contributed by atoms with Crippen LogP contribution in [-0.4, -0.2) is 41.4 Å². The maximum Gasteiger partial charge on any atom is 0.339 e. The highest BCUT2D eigenvalue weighted by molar-refractivity contribution is 5.99. The fourth-order valence-electron chi connectivity index (χ4n) is 2.49. The van der Waals surface area contributed by atoms with Crippen LogP contribution in [0.4, 0.5) is 0 Å². The fraction of sp³-hybridized carbons (Fsp3) is 0.316. The van der Waals surface area contributed by atoms with Gasteiger partial charge < -0.3 is 19.7 Å². The van der Waals surface area contributed by atoms with Gasteiger partial charge in [0, 0.05) is 24.7 Å². The standard InChI is InChI=1S/C19H22N2O5/c1-4-8-20-17(22)13-6-5-7-14(9-13)18(23)21(3)11-15-10-16(19(24)25)12(2)26-15/h5-7,9-10H,4,8,11H2,1-3H3,(H,20,22)(H,24,25). The largest absolute Gasteiger partial charge is 0.478 e. The fourth-order valence-corrected chi connectivity index (χ4v) is 2.49. The molecule has 138 valence electrons. The topological polar surface area (TPSA) is 99.9 Å². The minimum Gasteiger partial charge on any atom is -0.478 e. The molecule has 0 aliphatic carbocycles. The molecule has 1 aromatic carbocycles.